The van der Waals surface area contributed by atoms with Crippen molar-refractivity contribution in [3.05, 3.63) is 46.4 Å². The molecule has 0 spiro atoms. The number of nitrogens with two attached hydrogens (primary N) is 1. The molecule has 2 aromatic rings. The fraction of sp³-hybridized carbons (Fsp3) is 0.522. The van der Waals surface area contributed by atoms with Gasteiger partial charge in [-0.3, -0.25) is 14.6 Å². The molecule has 2 aliphatic rings. The molecule has 32 heavy (non-hydrogen) atoms. The molecular weight excluding hydrogens is 431 g/mol. The minimum Gasteiger partial charge on any atom is -0.348 e. The van der Waals surface area contributed by atoms with Gasteiger partial charge < -0.3 is 11.1 Å². The van der Waals surface area contributed by atoms with E-state index in [0.29, 0.717) is 41.9 Å². The van der Waals surface area contributed by atoms with E-state index in [-0.39, 0.29) is 23.3 Å². The van der Waals surface area contributed by atoms with Crippen LogP contribution in [0.2, 0.25) is 5.02 Å². The summed E-state index contributed by atoms with van der Waals surface area (Å²) in [4.78, 5) is 24.6. The molecule has 9 heteroatoms. The number of anilines is 2. The number of piperidine rings is 1. The Hall–Kier alpha value is -2.29. The first-order chi connectivity index (χ1) is 15.2. The molecule has 0 unspecified atom stereocenters. The summed E-state index contributed by atoms with van der Waals surface area (Å²) in [6.45, 7) is 6.92. The summed E-state index contributed by atoms with van der Waals surface area (Å²) in [5, 5.41) is 3.53. The van der Waals surface area contributed by atoms with E-state index in [4.69, 9.17) is 17.3 Å². The van der Waals surface area contributed by atoms with E-state index in [1.807, 2.05) is 19.1 Å². The van der Waals surface area contributed by atoms with Crippen LogP contribution >= 0.6 is 11.6 Å². The molecule has 0 aliphatic carbocycles. The van der Waals surface area contributed by atoms with Gasteiger partial charge in [-0.15, -0.1) is 0 Å². The molecule has 3 N–H and O–H groups in total. The van der Waals surface area contributed by atoms with Crippen molar-refractivity contribution in [2.75, 3.05) is 29.9 Å². The maximum Gasteiger partial charge on any atom is 0.228 e. The normalized spacial score (nSPS) is 19.9. The van der Waals surface area contributed by atoms with Crippen LogP contribution in [0.3, 0.4) is 0 Å². The fourth-order valence-corrected chi connectivity index (χ4v) is 4.38. The second-order valence-electron chi connectivity index (χ2n) is 9.16. The molecule has 2 aliphatic heterocycles. The minimum atomic E-state index is -0.227. The van der Waals surface area contributed by atoms with Crippen LogP contribution in [-0.4, -0.2) is 45.9 Å². The van der Waals surface area contributed by atoms with Gasteiger partial charge in [-0.1, -0.05) is 23.7 Å². The molecule has 7 nitrogen and oxygen atoms in total. The van der Waals surface area contributed by atoms with E-state index < -0.39 is 0 Å². The van der Waals surface area contributed by atoms with Gasteiger partial charge in [-0.25, -0.2) is 9.37 Å². The molecule has 1 atom stereocenters. The Bertz CT molecular complexity index is 990. The summed E-state index contributed by atoms with van der Waals surface area (Å²) in [5.74, 6) is 0.541. The van der Waals surface area contributed by atoms with E-state index in [0.717, 1.165) is 37.9 Å². The third-order valence-electron chi connectivity index (χ3n) is 6.37. The SMILES string of the molecule is C[C@H](Nc1ncc(Cl)c(N2CCCC2=O)n1)c1ccc(CN2CCC(C)(N)CC2)c(F)c1. The molecule has 0 saturated carbocycles. The maximum absolute atomic E-state index is 14.8. The van der Waals surface area contributed by atoms with E-state index in [1.165, 1.54) is 6.20 Å². The highest BCUT2D eigenvalue weighted by Gasteiger charge is 2.27. The van der Waals surface area contributed by atoms with E-state index in [1.54, 1.807) is 11.0 Å². The number of aromatic nitrogens is 2. The Morgan fingerprint density at radius 2 is 2.06 bits per heavy atom. The van der Waals surface area contributed by atoms with Crippen molar-refractivity contribution in [3.8, 4) is 0 Å². The average molecular weight is 461 g/mol. The number of likely N-dealkylation sites (tertiary alicyclic amines) is 1. The van der Waals surface area contributed by atoms with Crippen LogP contribution in [0.5, 0.6) is 0 Å². The first-order valence-electron chi connectivity index (χ1n) is 11.1. The lowest BCUT2D eigenvalue weighted by Crippen LogP contribution is -2.47. The van der Waals surface area contributed by atoms with E-state index >= 15 is 0 Å². The number of halogens is 2. The molecule has 0 bridgehead atoms. The number of hydrogen-bond acceptors (Lipinski definition) is 6. The second kappa shape index (κ2) is 9.29. The van der Waals surface area contributed by atoms with Gasteiger partial charge in [0.2, 0.25) is 11.9 Å². The highest BCUT2D eigenvalue weighted by atomic mass is 35.5. The van der Waals surface area contributed by atoms with Crippen LogP contribution < -0.4 is 16.0 Å². The largest absolute Gasteiger partial charge is 0.348 e. The molecule has 3 heterocycles. The Morgan fingerprint density at radius 1 is 1.31 bits per heavy atom. The highest BCUT2D eigenvalue weighted by Crippen LogP contribution is 2.29. The lowest BCUT2D eigenvalue weighted by Gasteiger charge is -2.36. The van der Waals surface area contributed by atoms with Gasteiger partial charge in [0.05, 0.1) is 12.2 Å². The molecule has 0 radical (unpaired) electrons. The van der Waals surface area contributed by atoms with E-state index in [9.17, 15) is 9.18 Å². The maximum atomic E-state index is 14.8. The third kappa shape index (κ3) is 5.19. The van der Waals surface area contributed by atoms with Crippen molar-refractivity contribution in [2.24, 2.45) is 5.73 Å². The van der Waals surface area contributed by atoms with Crippen LogP contribution in [0.15, 0.2) is 24.4 Å². The fourth-order valence-electron chi connectivity index (χ4n) is 4.19. The predicted octanol–water partition coefficient (Wildman–Crippen LogP) is 3.88. The summed E-state index contributed by atoms with van der Waals surface area (Å²) in [7, 11) is 0. The zero-order valence-electron chi connectivity index (χ0n) is 18.6. The Labute approximate surface area is 193 Å². The lowest BCUT2D eigenvalue weighted by molar-refractivity contribution is -0.117. The molecule has 1 aromatic heterocycles. The Morgan fingerprint density at radius 3 is 2.72 bits per heavy atom. The smallest absolute Gasteiger partial charge is 0.228 e. The van der Waals surface area contributed by atoms with Gasteiger partial charge in [0.25, 0.3) is 0 Å². The average Bonchev–Trinajstić information content (AvgIpc) is 3.18. The van der Waals surface area contributed by atoms with Gasteiger partial charge in [0.15, 0.2) is 5.82 Å². The highest BCUT2D eigenvalue weighted by molar-refractivity contribution is 6.33. The number of carbonyl (C=O) groups excluding carboxylic acids is 1. The van der Waals surface area contributed by atoms with E-state index in [2.05, 4.69) is 27.1 Å². The number of nitrogens with one attached hydrogen (secondary N) is 1. The second-order valence-corrected chi connectivity index (χ2v) is 9.57. The number of carbonyl (C=O) groups is 1. The van der Waals surface area contributed by atoms with Crippen molar-refractivity contribution < 1.29 is 9.18 Å². The molecule has 4 rings (SSSR count). The molecule has 2 saturated heterocycles. The number of amides is 1. The van der Waals surface area contributed by atoms with Gasteiger partial charge in [0.1, 0.15) is 10.8 Å². The summed E-state index contributed by atoms with van der Waals surface area (Å²) in [6, 6.07) is 5.10. The summed E-state index contributed by atoms with van der Waals surface area (Å²) >= 11 is 6.22. The lowest BCUT2D eigenvalue weighted by atomic mass is 9.91. The molecule has 172 valence electrons. The van der Waals surface area contributed by atoms with Crippen LogP contribution in [-0.2, 0) is 11.3 Å². The number of benzene rings is 1. The standard InChI is InChI=1S/C23H30ClFN6O/c1-15(28-22-27-13-18(24)21(29-22)31-9-3-4-20(31)32)16-5-6-17(19(25)12-16)14-30-10-7-23(2,26)8-11-30/h5-6,12-13,15H,3-4,7-11,14,26H2,1-2H3,(H,27,28,29)/t15-/m0/s1. The zero-order chi connectivity index (χ0) is 22.9. The zero-order valence-corrected chi connectivity index (χ0v) is 19.3. The topological polar surface area (TPSA) is 87.4 Å². The molecule has 1 aromatic carbocycles. The van der Waals surface area contributed by atoms with Crippen molar-refractivity contribution >= 4 is 29.3 Å². The first kappa shape index (κ1) is 22.9. The van der Waals surface area contributed by atoms with Crippen molar-refractivity contribution in [1.82, 2.24) is 14.9 Å². The molecule has 2 fully saturated rings. The Kier molecular flexibility index (Phi) is 6.65. The monoisotopic (exact) mass is 460 g/mol. The first-order valence-corrected chi connectivity index (χ1v) is 11.5. The van der Waals surface area contributed by atoms with Crippen molar-refractivity contribution in [2.45, 2.75) is 57.7 Å². The van der Waals surface area contributed by atoms with Crippen LogP contribution in [0.4, 0.5) is 16.2 Å². The molecular formula is C23H30ClFN6O. The summed E-state index contributed by atoms with van der Waals surface area (Å²) in [5.41, 5.74) is 7.54. The van der Waals surface area contributed by atoms with Gasteiger partial charge in [-0.05, 0) is 44.7 Å². The Balaban J connectivity index is 1.42. The minimum absolute atomic E-state index is 0.00653. The van der Waals surface area contributed by atoms with Crippen LogP contribution in [0, 0.1) is 5.82 Å². The number of hydrogen-bond donors (Lipinski definition) is 2. The van der Waals surface area contributed by atoms with Crippen molar-refractivity contribution in [1.29, 1.82) is 0 Å². The number of nitrogens with zero attached hydrogens (tertiary/aromatic N) is 4. The van der Waals surface area contributed by atoms with Gasteiger partial charge in [0, 0.05) is 43.7 Å². The van der Waals surface area contributed by atoms with Crippen LogP contribution in [0.1, 0.15) is 56.7 Å². The molecule has 1 amide bonds. The van der Waals surface area contributed by atoms with Crippen molar-refractivity contribution in [3.63, 3.8) is 0 Å². The van der Waals surface area contributed by atoms with Gasteiger partial charge in [-0.2, -0.15) is 4.98 Å². The summed E-state index contributed by atoms with van der Waals surface area (Å²) < 4.78 is 14.8. The third-order valence-corrected chi connectivity index (χ3v) is 6.64. The van der Waals surface area contributed by atoms with Crippen LogP contribution in [0.25, 0.3) is 0 Å². The number of rotatable bonds is 6. The predicted molar refractivity (Wildman–Crippen MR) is 124 cm³/mol. The van der Waals surface area contributed by atoms with Gasteiger partial charge >= 0.3 is 0 Å². The summed E-state index contributed by atoms with van der Waals surface area (Å²) in [6.07, 6.45) is 4.60. The quantitative estimate of drug-likeness (QED) is 0.680.